The van der Waals surface area contributed by atoms with Gasteiger partial charge in [-0.2, -0.15) is 0 Å². The fourth-order valence-corrected chi connectivity index (χ4v) is 1.97. The van der Waals surface area contributed by atoms with Gasteiger partial charge in [0.05, 0.1) is 7.11 Å². The Labute approximate surface area is 115 Å². The van der Waals surface area contributed by atoms with Gasteiger partial charge in [0.1, 0.15) is 5.75 Å². The average Bonchev–Trinajstić information content (AvgIpc) is 2.39. The maximum Gasteiger partial charge on any atom is 0.254 e. The summed E-state index contributed by atoms with van der Waals surface area (Å²) in [6.45, 7) is 7.26. The summed E-state index contributed by atoms with van der Waals surface area (Å²) < 4.78 is 5.27. The summed E-state index contributed by atoms with van der Waals surface area (Å²) in [4.78, 5) is 14.3. The number of nitrogens with two attached hydrogens (primary N) is 1. The highest BCUT2D eigenvalue weighted by Gasteiger charge is 2.19. The van der Waals surface area contributed by atoms with Crippen LogP contribution in [0, 0.1) is 6.92 Å². The highest BCUT2D eigenvalue weighted by Crippen LogP contribution is 2.20. The molecule has 0 saturated carbocycles. The van der Waals surface area contributed by atoms with Crippen molar-refractivity contribution in [2.45, 2.75) is 33.2 Å². The third-order valence-corrected chi connectivity index (χ3v) is 3.14. The lowest BCUT2D eigenvalue weighted by Crippen LogP contribution is -2.38. The molecule has 1 aromatic rings. The first-order valence-corrected chi connectivity index (χ1v) is 6.67. The van der Waals surface area contributed by atoms with Crippen molar-refractivity contribution < 1.29 is 9.53 Å². The molecule has 0 spiro atoms. The molecule has 19 heavy (non-hydrogen) atoms. The van der Waals surface area contributed by atoms with E-state index >= 15 is 0 Å². The van der Waals surface area contributed by atoms with Gasteiger partial charge in [-0.05, 0) is 51.4 Å². The monoisotopic (exact) mass is 264 g/mol. The van der Waals surface area contributed by atoms with Gasteiger partial charge in [-0.15, -0.1) is 0 Å². The Balaban J connectivity index is 2.95. The van der Waals surface area contributed by atoms with Gasteiger partial charge in [0, 0.05) is 18.2 Å². The van der Waals surface area contributed by atoms with Crippen LogP contribution in [0.1, 0.15) is 36.2 Å². The van der Waals surface area contributed by atoms with E-state index in [1.165, 1.54) is 0 Å². The van der Waals surface area contributed by atoms with Gasteiger partial charge in [0.2, 0.25) is 0 Å². The first-order valence-electron chi connectivity index (χ1n) is 6.67. The summed E-state index contributed by atoms with van der Waals surface area (Å²) in [6, 6.07) is 5.72. The number of carbonyl (C=O) groups is 1. The molecule has 1 aromatic carbocycles. The van der Waals surface area contributed by atoms with Gasteiger partial charge < -0.3 is 15.4 Å². The molecule has 0 aliphatic rings. The molecular formula is C15H24N2O2. The van der Waals surface area contributed by atoms with E-state index in [4.69, 9.17) is 10.5 Å². The van der Waals surface area contributed by atoms with Crippen LogP contribution in [0.5, 0.6) is 5.75 Å². The zero-order valence-corrected chi connectivity index (χ0v) is 12.3. The first-order chi connectivity index (χ1) is 9.01. The van der Waals surface area contributed by atoms with Gasteiger partial charge in [0.15, 0.2) is 0 Å². The Kier molecular flexibility index (Phi) is 5.83. The molecule has 106 valence electrons. The van der Waals surface area contributed by atoms with Crippen LogP contribution in [0.3, 0.4) is 0 Å². The van der Waals surface area contributed by atoms with E-state index in [1.54, 1.807) is 13.2 Å². The van der Waals surface area contributed by atoms with E-state index in [1.807, 2.05) is 37.8 Å². The van der Waals surface area contributed by atoms with Crippen molar-refractivity contribution in [2.75, 3.05) is 20.2 Å². The van der Waals surface area contributed by atoms with E-state index in [-0.39, 0.29) is 11.9 Å². The molecule has 0 radical (unpaired) electrons. The summed E-state index contributed by atoms with van der Waals surface area (Å²) in [5.74, 6) is 0.773. The number of methoxy groups -OCH3 is 1. The minimum Gasteiger partial charge on any atom is -0.496 e. The minimum atomic E-state index is 0.0294. The number of nitrogens with zero attached hydrogens (tertiary/aromatic N) is 1. The molecule has 0 aromatic heterocycles. The van der Waals surface area contributed by atoms with Crippen LogP contribution in [0.2, 0.25) is 0 Å². The lowest BCUT2D eigenvalue weighted by molar-refractivity contribution is 0.0704. The summed E-state index contributed by atoms with van der Waals surface area (Å²) in [6.07, 6.45) is 0.812. The Bertz CT molecular complexity index is 430. The molecule has 1 amide bonds. The second-order valence-corrected chi connectivity index (χ2v) is 4.92. The zero-order valence-electron chi connectivity index (χ0n) is 12.3. The lowest BCUT2D eigenvalue weighted by Gasteiger charge is -2.27. The van der Waals surface area contributed by atoms with E-state index in [0.29, 0.717) is 18.7 Å². The van der Waals surface area contributed by atoms with E-state index in [2.05, 4.69) is 0 Å². The normalized spacial score (nSPS) is 10.6. The average molecular weight is 264 g/mol. The number of benzene rings is 1. The van der Waals surface area contributed by atoms with Crippen LogP contribution in [0.15, 0.2) is 18.2 Å². The minimum absolute atomic E-state index is 0.0294. The van der Waals surface area contributed by atoms with Crippen molar-refractivity contribution in [2.24, 2.45) is 5.73 Å². The number of carbonyl (C=O) groups excluding carboxylic acids is 1. The molecule has 0 aliphatic heterocycles. The number of rotatable bonds is 6. The first kappa shape index (κ1) is 15.5. The molecular weight excluding hydrogens is 240 g/mol. The fraction of sp³-hybridized carbons (Fsp3) is 0.533. The van der Waals surface area contributed by atoms with Gasteiger partial charge >= 0.3 is 0 Å². The summed E-state index contributed by atoms with van der Waals surface area (Å²) in [7, 11) is 1.62. The van der Waals surface area contributed by atoms with Crippen molar-refractivity contribution >= 4 is 5.91 Å². The van der Waals surface area contributed by atoms with Gasteiger partial charge in [0.25, 0.3) is 5.91 Å². The summed E-state index contributed by atoms with van der Waals surface area (Å²) >= 11 is 0. The Morgan fingerprint density at radius 3 is 2.63 bits per heavy atom. The molecule has 0 aliphatic carbocycles. The van der Waals surface area contributed by atoms with Crippen LogP contribution < -0.4 is 10.5 Å². The molecule has 0 saturated heterocycles. The third kappa shape index (κ3) is 3.96. The van der Waals surface area contributed by atoms with Crippen molar-refractivity contribution in [1.29, 1.82) is 0 Å². The highest BCUT2D eigenvalue weighted by molar-refractivity contribution is 5.95. The standard InChI is InChI=1S/C15H24N2O2/c1-11(2)17(9-5-8-16)15(18)13-7-6-12(3)14(10-13)19-4/h6-7,10-11H,5,8-9,16H2,1-4H3. The second kappa shape index (κ2) is 7.14. The van der Waals surface area contributed by atoms with Crippen LogP contribution in [-0.2, 0) is 0 Å². The van der Waals surface area contributed by atoms with Gasteiger partial charge in [-0.3, -0.25) is 4.79 Å². The number of ether oxygens (including phenoxy) is 1. The zero-order chi connectivity index (χ0) is 14.4. The molecule has 0 atom stereocenters. The molecule has 0 fully saturated rings. The molecule has 0 unspecified atom stereocenters. The summed E-state index contributed by atoms with van der Waals surface area (Å²) in [5, 5.41) is 0. The van der Waals surface area contributed by atoms with Crippen molar-refractivity contribution in [3.05, 3.63) is 29.3 Å². The molecule has 2 N–H and O–H groups in total. The molecule has 4 heteroatoms. The van der Waals surface area contributed by atoms with E-state index in [9.17, 15) is 4.79 Å². The fourth-order valence-electron chi connectivity index (χ4n) is 1.97. The molecule has 1 rings (SSSR count). The number of aryl methyl sites for hydroxylation is 1. The lowest BCUT2D eigenvalue weighted by atomic mass is 10.1. The Morgan fingerprint density at radius 2 is 2.11 bits per heavy atom. The smallest absolute Gasteiger partial charge is 0.254 e. The van der Waals surface area contributed by atoms with Gasteiger partial charge in [-0.1, -0.05) is 6.07 Å². The SMILES string of the molecule is COc1cc(C(=O)N(CCCN)C(C)C)ccc1C. The van der Waals surface area contributed by atoms with Crippen molar-refractivity contribution in [3.63, 3.8) is 0 Å². The quantitative estimate of drug-likeness (QED) is 0.857. The predicted molar refractivity (Wildman–Crippen MR) is 77.6 cm³/mol. The number of amides is 1. The summed E-state index contributed by atoms with van der Waals surface area (Å²) in [5.41, 5.74) is 7.21. The van der Waals surface area contributed by atoms with E-state index < -0.39 is 0 Å². The second-order valence-electron chi connectivity index (χ2n) is 4.92. The largest absolute Gasteiger partial charge is 0.496 e. The maximum absolute atomic E-state index is 12.5. The third-order valence-electron chi connectivity index (χ3n) is 3.14. The van der Waals surface area contributed by atoms with Gasteiger partial charge in [-0.25, -0.2) is 0 Å². The Hall–Kier alpha value is -1.55. The number of hydrogen-bond donors (Lipinski definition) is 1. The topological polar surface area (TPSA) is 55.6 Å². The van der Waals surface area contributed by atoms with Crippen LogP contribution >= 0.6 is 0 Å². The Morgan fingerprint density at radius 1 is 1.42 bits per heavy atom. The predicted octanol–water partition coefficient (Wildman–Crippen LogP) is 2.20. The maximum atomic E-state index is 12.5. The van der Waals surface area contributed by atoms with Crippen molar-refractivity contribution in [3.8, 4) is 5.75 Å². The van der Waals surface area contributed by atoms with E-state index in [0.717, 1.165) is 17.7 Å². The molecule has 0 heterocycles. The van der Waals surface area contributed by atoms with Crippen LogP contribution in [0.4, 0.5) is 0 Å². The van der Waals surface area contributed by atoms with Crippen LogP contribution in [-0.4, -0.2) is 37.0 Å². The number of hydrogen-bond acceptors (Lipinski definition) is 3. The molecule has 4 nitrogen and oxygen atoms in total. The molecule has 0 bridgehead atoms. The highest BCUT2D eigenvalue weighted by atomic mass is 16.5. The van der Waals surface area contributed by atoms with Crippen molar-refractivity contribution in [1.82, 2.24) is 4.90 Å². The van der Waals surface area contributed by atoms with Crippen LogP contribution in [0.25, 0.3) is 0 Å².